The van der Waals surface area contributed by atoms with Gasteiger partial charge in [0.1, 0.15) is 11.5 Å². The van der Waals surface area contributed by atoms with Crippen LogP contribution in [0.5, 0.6) is 11.5 Å². The number of fused-ring (bicyclic) bond motifs is 7. The van der Waals surface area contributed by atoms with Gasteiger partial charge in [0.2, 0.25) is 0 Å². The maximum absolute atomic E-state index is 6.86. The Morgan fingerprint density at radius 2 is 1.33 bits per heavy atom. The van der Waals surface area contributed by atoms with Crippen LogP contribution in [0, 0.1) is 0 Å². The van der Waals surface area contributed by atoms with Crippen molar-refractivity contribution >= 4 is 27.1 Å². The Hall–Kier alpha value is -5.66. The Morgan fingerprint density at radius 3 is 2.29 bits per heavy atom. The molecule has 3 aliphatic rings. The van der Waals surface area contributed by atoms with Crippen molar-refractivity contribution in [3.05, 3.63) is 174 Å². The molecule has 2 aliphatic carbocycles. The topological polar surface area (TPSA) is 9.23 Å². The van der Waals surface area contributed by atoms with Gasteiger partial charge < -0.3 is 4.74 Å². The van der Waals surface area contributed by atoms with Crippen LogP contribution in [0.15, 0.2) is 152 Å². The van der Waals surface area contributed by atoms with Crippen molar-refractivity contribution in [3.8, 4) is 44.9 Å². The van der Waals surface area contributed by atoms with Gasteiger partial charge in [0, 0.05) is 27.8 Å². The molecule has 10 rings (SSSR count). The fourth-order valence-electron chi connectivity index (χ4n) is 8.55. The van der Waals surface area contributed by atoms with Crippen LogP contribution in [0.2, 0.25) is 0 Å². The summed E-state index contributed by atoms with van der Waals surface area (Å²) in [6, 6.07) is 49.0. The summed E-state index contributed by atoms with van der Waals surface area (Å²) >= 11 is 0. The van der Waals surface area contributed by atoms with E-state index in [1.807, 2.05) is 0 Å². The van der Waals surface area contributed by atoms with Crippen molar-refractivity contribution in [2.45, 2.75) is 31.6 Å². The lowest BCUT2D eigenvalue weighted by Crippen LogP contribution is -2.15. The molecule has 228 valence electrons. The minimum atomic E-state index is -0.00928. The lowest BCUT2D eigenvalue weighted by atomic mass is 9.80. The molecule has 0 spiro atoms. The Balaban J connectivity index is 1.03. The van der Waals surface area contributed by atoms with Crippen LogP contribution >= 0.6 is 0 Å². The smallest absolute Gasteiger partial charge is 0.143 e. The molecule has 7 aromatic carbocycles. The highest BCUT2D eigenvalue weighted by molar-refractivity contribution is 6.16. The maximum atomic E-state index is 6.86. The van der Waals surface area contributed by atoms with Crippen LogP contribution in [0.25, 0.3) is 60.5 Å². The summed E-state index contributed by atoms with van der Waals surface area (Å²) in [7, 11) is 0. The van der Waals surface area contributed by atoms with Crippen molar-refractivity contribution < 1.29 is 4.74 Å². The van der Waals surface area contributed by atoms with Crippen molar-refractivity contribution in [2.75, 3.05) is 0 Å². The third-order valence-electron chi connectivity index (χ3n) is 11.0. The highest BCUT2D eigenvalue weighted by atomic mass is 16.5. The number of benzene rings is 7. The predicted octanol–water partition coefficient (Wildman–Crippen LogP) is 12.9. The standard InChI is InChI=1S/C47H34O/c1-47(2)42-22-6-5-17-37(42)38-24-23-32(27-43(38)47)30-13-7-12-29(25-30)31-14-8-15-33(26-31)36-18-9-21-41-40-20-10-19-39-35-16-4-3-11-34(35)28-44(45(39)40)48-46(36)41/h3-11,13-29H,12H2,1-2H3. The lowest BCUT2D eigenvalue weighted by Gasteiger charge is -2.25. The summed E-state index contributed by atoms with van der Waals surface area (Å²) in [6.45, 7) is 4.71. The first kappa shape index (κ1) is 27.5. The molecule has 0 saturated carbocycles. The van der Waals surface area contributed by atoms with E-state index in [9.17, 15) is 0 Å². The number of rotatable bonds is 3. The maximum Gasteiger partial charge on any atom is 0.143 e. The second kappa shape index (κ2) is 10.2. The van der Waals surface area contributed by atoms with Crippen LogP contribution < -0.4 is 4.74 Å². The molecule has 1 heteroatoms. The summed E-state index contributed by atoms with van der Waals surface area (Å²) in [4.78, 5) is 0. The number of hydrogen-bond donors (Lipinski definition) is 0. The Labute approximate surface area is 281 Å². The third-order valence-corrected chi connectivity index (χ3v) is 11.0. The zero-order chi connectivity index (χ0) is 32.0. The van der Waals surface area contributed by atoms with E-state index in [4.69, 9.17) is 4.74 Å². The van der Waals surface area contributed by atoms with E-state index in [0.29, 0.717) is 5.92 Å². The van der Waals surface area contributed by atoms with Crippen LogP contribution in [-0.4, -0.2) is 0 Å². The summed E-state index contributed by atoms with van der Waals surface area (Å²) in [5, 5.41) is 4.89. The molecule has 0 bridgehead atoms. The number of hydrogen-bond acceptors (Lipinski definition) is 1. The first-order chi connectivity index (χ1) is 23.5. The van der Waals surface area contributed by atoms with E-state index in [1.54, 1.807) is 0 Å². The number of para-hydroxylation sites is 1. The summed E-state index contributed by atoms with van der Waals surface area (Å²) in [6.07, 6.45) is 8.10. The molecule has 48 heavy (non-hydrogen) atoms. The van der Waals surface area contributed by atoms with Gasteiger partial charge in [0.05, 0.1) is 0 Å². The Kier molecular flexibility index (Phi) is 5.82. The normalized spacial score (nSPS) is 16.6. The molecule has 0 saturated heterocycles. The van der Waals surface area contributed by atoms with Gasteiger partial charge in [0.15, 0.2) is 0 Å². The highest BCUT2D eigenvalue weighted by Crippen LogP contribution is 2.52. The van der Waals surface area contributed by atoms with Gasteiger partial charge in [-0.25, -0.2) is 0 Å². The fraction of sp³-hybridized carbons (Fsp3) is 0.106. The summed E-state index contributed by atoms with van der Waals surface area (Å²) in [5.41, 5.74) is 14.2. The van der Waals surface area contributed by atoms with Crippen molar-refractivity contribution in [1.29, 1.82) is 0 Å². The fourth-order valence-corrected chi connectivity index (χ4v) is 8.55. The first-order valence-corrected chi connectivity index (χ1v) is 17.0. The van der Waals surface area contributed by atoms with Gasteiger partial charge in [-0.05, 0) is 84.8 Å². The van der Waals surface area contributed by atoms with Gasteiger partial charge in [-0.15, -0.1) is 0 Å². The number of ether oxygens (including phenoxy) is 1. The Bertz CT molecular complexity index is 2540. The van der Waals surface area contributed by atoms with Crippen LogP contribution in [0.4, 0.5) is 0 Å². The quantitative estimate of drug-likeness (QED) is 0.180. The SMILES string of the molecule is CC1(C)c2ccccc2-c2ccc(C3=CC(c4cccc(-c5cccc6c5Oc5cc7ccccc7c7cccc-6c57)c4)CC=C3)cc21. The molecule has 1 heterocycles. The second-order valence-corrected chi connectivity index (χ2v) is 14.0. The van der Waals surface area contributed by atoms with Gasteiger partial charge in [0.25, 0.3) is 0 Å². The molecule has 1 nitrogen and oxygen atoms in total. The van der Waals surface area contributed by atoms with Crippen LogP contribution in [0.3, 0.4) is 0 Å². The van der Waals surface area contributed by atoms with E-state index in [-0.39, 0.29) is 5.41 Å². The molecule has 0 aromatic heterocycles. The molecule has 1 unspecified atom stereocenters. The predicted molar refractivity (Wildman–Crippen MR) is 201 cm³/mol. The van der Waals surface area contributed by atoms with E-state index < -0.39 is 0 Å². The molecule has 0 amide bonds. The van der Waals surface area contributed by atoms with E-state index in [1.165, 1.54) is 71.6 Å². The molecule has 1 aliphatic heterocycles. The van der Waals surface area contributed by atoms with Gasteiger partial charge in [-0.2, -0.15) is 0 Å². The minimum absolute atomic E-state index is 0.00928. The van der Waals surface area contributed by atoms with Crippen molar-refractivity contribution in [1.82, 2.24) is 0 Å². The largest absolute Gasteiger partial charge is 0.455 e. The van der Waals surface area contributed by atoms with E-state index in [0.717, 1.165) is 29.0 Å². The highest BCUT2D eigenvalue weighted by Gasteiger charge is 2.35. The molecular formula is C47H34O. The van der Waals surface area contributed by atoms with Crippen LogP contribution in [0.1, 0.15) is 48.4 Å². The lowest BCUT2D eigenvalue weighted by molar-refractivity contribution is 0.489. The second-order valence-electron chi connectivity index (χ2n) is 14.0. The number of allylic oxidation sites excluding steroid dienone is 4. The molecular weight excluding hydrogens is 581 g/mol. The molecule has 7 aromatic rings. The van der Waals surface area contributed by atoms with Gasteiger partial charge in [-0.3, -0.25) is 0 Å². The average molecular weight is 615 g/mol. The van der Waals surface area contributed by atoms with Crippen LogP contribution in [-0.2, 0) is 5.41 Å². The third kappa shape index (κ3) is 3.97. The van der Waals surface area contributed by atoms with Gasteiger partial charge >= 0.3 is 0 Å². The monoisotopic (exact) mass is 614 g/mol. The van der Waals surface area contributed by atoms with E-state index in [2.05, 4.69) is 166 Å². The first-order valence-electron chi connectivity index (χ1n) is 17.0. The average Bonchev–Trinajstić information content (AvgIpc) is 3.37. The zero-order valence-corrected chi connectivity index (χ0v) is 27.1. The van der Waals surface area contributed by atoms with Gasteiger partial charge in [-0.1, -0.05) is 153 Å². The molecule has 0 N–H and O–H groups in total. The van der Waals surface area contributed by atoms with Crippen molar-refractivity contribution in [3.63, 3.8) is 0 Å². The summed E-state index contributed by atoms with van der Waals surface area (Å²) < 4.78 is 6.86. The summed E-state index contributed by atoms with van der Waals surface area (Å²) in [5.74, 6) is 2.16. The molecule has 0 fully saturated rings. The molecule has 1 atom stereocenters. The Morgan fingerprint density at radius 1 is 0.583 bits per heavy atom. The minimum Gasteiger partial charge on any atom is -0.455 e. The van der Waals surface area contributed by atoms with E-state index >= 15 is 0 Å². The molecule has 0 radical (unpaired) electrons. The zero-order valence-electron chi connectivity index (χ0n) is 27.1. The van der Waals surface area contributed by atoms with Crippen molar-refractivity contribution in [2.24, 2.45) is 0 Å².